The van der Waals surface area contributed by atoms with Crippen LogP contribution in [-0.2, 0) is 0 Å². The summed E-state index contributed by atoms with van der Waals surface area (Å²) < 4.78 is 0. The zero-order valence-corrected chi connectivity index (χ0v) is 20.5. The van der Waals surface area contributed by atoms with Gasteiger partial charge in [-0.3, -0.25) is 15.7 Å². The fourth-order valence-electron chi connectivity index (χ4n) is 4.83. The van der Waals surface area contributed by atoms with Crippen molar-refractivity contribution >= 4 is 11.7 Å². The first-order valence-corrected chi connectivity index (χ1v) is 11.9. The zero-order chi connectivity index (χ0) is 22.8. The molecule has 2 rings (SSSR count). The summed E-state index contributed by atoms with van der Waals surface area (Å²) in [5.74, 6) is 1.26. The topological polar surface area (TPSA) is 80.2 Å². The first-order valence-electron chi connectivity index (χ1n) is 11.9. The number of amidine groups is 2. The molecule has 0 saturated carbocycles. The van der Waals surface area contributed by atoms with Crippen LogP contribution in [0.15, 0.2) is 23.8 Å². The predicted molar refractivity (Wildman–Crippen MR) is 131 cm³/mol. The predicted octanol–water partition coefficient (Wildman–Crippen LogP) is 5.57. The highest BCUT2D eigenvalue weighted by atomic mass is 15.3. The normalized spacial score (nSPS) is 25.2. The molecule has 0 aromatic heterocycles. The molecule has 5 nitrogen and oxygen atoms in total. The monoisotopic (exact) mass is 417 g/mol. The summed E-state index contributed by atoms with van der Waals surface area (Å²) in [5, 5.41) is 16.7. The number of piperidine rings is 1. The smallest absolute Gasteiger partial charge is 0.104 e. The molecule has 3 unspecified atom stereocenters. The Labute approximate surface area is 185 Å². The summed E-state index contributed by atoms with van der Waals surface area (Å²) in [5.41, 5.74) is 7.64. The first kappa shape index (κ1) is 26.6. The lowest BCUT2D eigenvalue weighted by Crippen LogP contribution is -2.54. The van der Waals surface area contributed by atoms with Crippen LogP contribution in [0.2, 0.25) is 0 Å². The average molecular weight is 418 g/mol. The van der Waals surface area contributed by atoms with Crippen LogP contribution in [0.3, 0.4) is 0 Å². The molecule has 5 heteroatoms. The van der Waals surface area contributed by atoms with Crippen molar-refractivity contribution in [3.05, 3.63) is 23.8 Å². The van der Waals surface area contributed by atoms with Gasteiger partial charge in [0.1, 0.15) is 5.84 Å². The number of allylic oxidation sites excluding steroid dienone is 2. The Balaban J connectivity index is 0.00000141. The lowest BCUT2D eigenvalue weighted by molar-refractivity contribution is 0.0998. The van der Waals surface area contributed by atoms with E-state index in [1.165, 1.54) is 24.8 Å². The van der Waals surface area contributed by atoms with Gasteiger partial charge in [-0.2, -0.15) is 0 Å². The van der Waals surface area contributed by atoms with Gasteiger partial charge in [-0.1, -0.05) is 52.3 Å². The Bertz CT molecular complexity index is 593. The third-order valence-corrected chi connectivity index (χ3v) is 6.21. The molecule has 0 aliphatic carbocycles. The molecule has 2 heterocycles. The number of nitrogens with two attached hydrogens (primary N) is 1. The van der Waals surface area contributed by atoms with Gasteiger partial charge < -0.3 is 10.6 Å². The van der Waals surface area contributed by atoms with Crippen LogP contribution in [0, 0.1) is 16.7 Å². The third-order valence-electron chi connectivity index (χ3n) is 6.21. The van der Waals surface area contributed by atoms with Crippen LogP contribution in [-0.4, -0.2) is 52.2 Å². The van der Waals surface area contributed by atoms with Crippen LogP contribution < -0.4 is 5.73 Å². The maximum Gasteiger partial charge on any atom is 0.104 e. The molecule has 0 radical (unpaired) electrons. The number of nitrogens with zero attached hydrogens (tertiary/aromatic N) is 2. The van der Waals surface area contributed by atoms with Gasteiger partial charge in [-0.15, -0.1) is 0 Å². The molecule has 2 fully saturated rings. The average Bonchev–Trinajstić information content (AvgIpc) is 2.92. The van der Waals surface area contributed by atoms with E-state index < -0.39 is 0 Å². The molecule has 0 aromatic rings. The molecular formula is C25H47N5. The van der Waals surface area contributed by atoms with Gasteiger partial charge in [0.15, 0.2) is 0 Å². The second kappa shape index (κ2) is 13.1. The molecule has 2 aliphatic rings. The Morgan fingerprint density at radius 2 is 1.67 bits per heavy atom. The molecule has 2 aliphatic heterocycles. The molecule has 3 atom stereocenters. The van der Waals surface area contributed by atoms with Crippen molar-refractivity contribution < 1.29 is 0 Å². The summed E-state index contributed by atoms with van der Waals surface area (Å²) in [7, 11) is 0. The van der Waals surface area contributed by atoms with Crippen LogP contribution in [0.1, 0.15) is 87.0 Å². The van der Waals surface area contributed by atoms with E-state index in [0.717, 1.165) is 25.8 Å². The zero-order valence-electron chi connectivity index (χ0n) is 20.5. The molecule has 30 heavy (non-hydrogen) atoms. The van der Waals surface area contributed by atoms with Gasteiger partial charge >= 0.3 is 0 Å². The van der Waals surface area contributed by atoms with Gasteiger partial charge in [0, 0.05) is 36.6 Å². The minimum Gasteiger partial charge on any atom is -0.324 e. The molecule has 0 spiro atoms. The van der Waals surface area contributed by atoms with Crippen LogP contribution in [0.5, 0.6) is 0 Å². The van der Waals surface area contributed by atoms with Crippen molar-refractivity contribution in [1.29, 1.82) is 10.8 Å². The van der Waals surface area contributed by atoms with Crippen LogP contribution >= 0.6 is 0 Å². The first-order chi connectivity index (χ1) is 14.2. The van der Waals surface area contributed by atoms with Gasteiger partial charge in [0.05, 0.1) is 5.84 Å². The van der Waals surface area contributed by atoms with E-state index >= 15 is 0 Å². The van der Waals surface area contributed by atoms with Gasteiger partial charge in [0.2, 0.25) is 0 Å². The number of nitrogens with one attached hydrogen (secondary N) is 2. The third kappa shape index (κ3) is 7.05. The number of rotatable bonds is 7. The van der Waals surface area contributed by atoms with Gasteiger partial charge in [-0.05, 0) is 58.4 Å². The van der Waals surface area contributed by atoms with Gasteiger partial charge in [0.25, 0.3) is 0 Å². The lowest BCUT2D eigenvalue weighted by atomic mass is 9.93. The van der Waals surface area contributed by atoms with Crippen molar-refractivity contribution in [2.45, 2.75) is 111 Å². The standard InChI is InChI=1S/C22H39N5.C3H8/c1-6-8-17(7-2)21(24)11-12-26-18-9-10-19(26)14-20(13-18)27(16(5)23)22(25)15(3)4;1-3-2/h6-8,15,18-21,23,25H,9-14,24H2,1-5H3;3H2,1-2H3/b8-6-,17-7+,23-16?,25-22?;. The van der Waals surface area contributed by atoms with E-state index in [1.807, 2.05) is 32.6 Å². The fourth-order valence-corrected chi connectivity index (χ4v) is 4.83. The molecule has 4 N–H and O–H groups in total. The number of hydrogen-bond acceptors (Lipinski definition) is 4. The minimum atomic E-state index is 0.0951. The molecule has 2 bridgehead atoms. The van der Waals surface area contributed by atoms with E-state index in [-0.39, 0.29) is 12.0 Å². The SMILES string of the molecule is C/C=C\C(=C/C)C(N)CCN1C2CCC1CC(N(C(C)=N)C(=N)C(C)C)C2.CCC. The number of hydrogen-bond donors (Lipinski definition) is 3. The van der Waals surface area contributed by atoms with Crippen molar-refractivity contribution in [1.82, 2.24) is 9.80 Å². The highest BCUT2D eigenvalue weighted by molar-refractivity contribution is 5.98. The summed E-state index contributed by atoms with van der Waals surface area (Å²) in [6, 6.07) is 1.53. The molecular weight excluding hydrogens is 370 g/mol. The lowest BCUT2D eigenvalue weighted by Gasteiger charge is -2.44. The Morgan fingerprint density at radius 1 is 1.13 bits per heavy atom. The summed E-state index contributed by atoms with van der Waals surface area (Å²) in [6.45, 7) is 15.3. The van der Waals surface area contributed by atoms with Crippen LogP contribution in [0.4, 0.5) is 0 Å². The summed E-state index contributed by atoms with van der Waals surface area (Å²) in [4.78, 5) is 4.65. The Kier molecular flexibility index (Phi) is 11.6. The van der Waals surface area contributed by atoms with Crippen molar-refractivity contribution in [2.24, 2.45) is 11.7 Å². The fraction of sp³-hybridized carbons (Fsp3) is 0.760. The highest BCUT2D eigenvalue weighted by Crippen LogP contribution is 2.38. The van der Waals surface area contributed by atoms with E-state index in [2.05, 4.69) is 43.9 Å². The molecule has 172 valence electrons. The van der Waals surface area contributed by atoms with E-state index in [1.54, 1.807) is 0 Å². The molecule has 0 aromatic carbocycles. The van der Waals surface area contributed by atoms with Crippen LogP contribution in [0.25, 0.3) is 0 Å². The van der Waals surface area contributed by atoms with E-state index in [4.69, 9.17) is 16.6 Å². The van der Waals surface area contributed by atoms with E-state index in [9.17, 15) is 0 Å². The van der Waals surface area contributed by atoms with Crippen molar-refractivity contribution in [2.75, 3.05) is 6.54 Å². The largest absolute Gasteiger partial charge is 0.324 e. The second-order valence-electron chi connectivity index (χ2n) is 9.13. The quantitative estimate of drug-likeness (QED) is 0.288. The maximum atomic E-state index is 8.46. The Morgan fingerprint density at radius 3 is 2.07 bits per heavy atom. The molecule has 0 amide bonds. The minimum absolute atomic E-state index is 0.0951. The summed E-state index contributed by atoms with van der Waals surface area (Å²) in [6.07, 6.45) is 13.1. The maximum absolute atomic E-state index is 8.46. The molecule has 2 saturated heterocycles. The van der Waals surface area contributed by atoms with E-state index in [0.29, 0.717) is 29.8 Å². The number of fused-ring (bicyclic) bond motifs is 2. The second-order valence-corrected chi connectivity index (χ2v) is 9.13. The Hall–Kier alpha value is -1.46. The van der Waals surface area contributed by atoms with Crippen molar-refractivity contribution in [3.63, 3.8) is 0 Å². The van der Waals surface area contributed by atoms with Gasteiger partial charge in [-0.25, -0.2) is 0 Å². The van der Waals surface area contributed by atoms with Crippen molar-refractivity contribution in [3.8, 4) is 0 Å². The highest BCUT2D eigenvalue weighted by Gasteiger charge is 2.43. The summed E-state index contributed by atoms with van der Waals surface area (Å²) >= 11 is 0.